The minimum Gasteiger partial charge on any atom is -0.363 e. The Balaban J connectivity index is 2.66. The predicted octanol–water partition coefficient (Wildman–Crippen LogP) is 0.718. The summed E-state index contributed by atoms with van der Waals surface area (Å²) in [6.07, 6.45) is 0. The minimum absolute atomic E-state index is 0.120. The van der Waals surface area contributed by atoms with Crippen molar-refractivity contribution >= 4 is 22.4 Å². The van der Waals surface area contributed by atoms with Gasteiger partial charge in [0.1, 0.15) is 0 Å². The van der Waals surface area contributed by atoms with Crippen molar-refractivity contribution in [1.29, 1.82) is 0 Å². The van der Waals surface area contributed by atoms with Crippen molar-refractivity contribution in [2.24, 2.45) is 0 Å². The summed E-state index contributed by atoms with van der Waals surface area (Å²) < 4.78 is 0. The van der Waals surface area contributed by atoms with Crippen molar-refractivity contribution in [3.63, 3.8) is 0 Å². The number of amides is 1. The number of aromatic nitrogens is 2. The number of rotatable bonds is 3. The highest BCUT2D eigenvalue weighted by Crippen LogP contribution is 2.13. The number of hydrogen-bond donors (Lipinski definition) is 2. The van der Waals surface area contributed by atoms with E-state index in [4.69, 9.17) is 0 Å². The zero-order valence-electron chi connectivity index (χ0n) is 7.79. The first kappa shape index (κ1) is 9.91. The molecule has 0 aliphatic carbocycles. The van der Waals surface area contributed by atoms with Gasteiger partial charge in [-0.05, 0) is 13.8 Å². The third-order valence-electron chi connectivity index (χ3n) is 1.25. The second-order valence-electron chi connectivity index (χ2n) is 2.79. The van der Waals surface area contributed by atoms with Gasteiger partial charge in [0.15, 0.2) is 0 Å². The smallest absolute Gasteiger partial charge is 0.282 e. The molecule has 0 saturated carbocycles. The van der Waals surface area contributed by atoms with E-state index in [0.29, 0.717) is 10.1 Å². The Morgan fingerprint density at radius 1 is 1.46 bits per heavy atom. The lowest BCUT2D eigenvalue weighted by molar-refractivity contribution is 0.0942. The van der Waals surface area contributed by atoms with Crippen LogP contribution < -0.4 is 10.6 Å². The van der Waals surface area contributed by atoms with Crippen molar-refractivity contribution in [3.8, 4) is 0 Å². The average molecular weight is 200 g/mol. The summed E-state index contributed by atoms with van der Waals surface area (Å²) in [5.41, 5.74) is 0. The van der Waals surface area contributed by atoms with Gasteiger partial charge in [0.25, 0.3) is 5.91 Å². The third-order valence-corrected chi connectivity index (χ3v) is 2.19. The molecule has 1 amide bonds. The van der Waals surface area contributed by atoms with Gasteiger partial charge in [-0.3, -0.25) is 4.79 Å². The molecular formula is C7H12N4OS. The fraction of sp³-hybridized carbons (Fsp3) is 0.571. The van der Waals surface area contributed by atoms with Gasteiger partial charge in [-0.25, -0.2) is 0 Å². The van der Waals surface area contributed by atoms with Crippen LogP contribution in [0.1, 0.15) is 23.6 Å². The van der Waals surface area contributed by atoms with Crippen LogP contribution in [0.25, 0.3) is 0 Å². The molecule has 0 aromatic carbocycles. The highest BCUT2D eigenvalue weighted by molar-refractivity contribution is 7.17. The number of nitrogens with zero attached hydrogens (tertiary/aromatic N) is 2. The molecular weight excluding hydrogens is 188 g/mol. The summed E-state index contributed by atoms with van der Waals surface area (Å²) >= 11 is 1.24. The van der Waals surface area contributed by atoms with Crippen molar-refractivity contribution < 1.29 is 4.79 Å². The van der Waals surface area contributed by atoms with Gasteiger partial charge in [0.2, 0.25) is 10.1 Å². The van der Waals surface area contributed by atoms with Gasteiger partial charge >= 0.3 is 0 Å². The molecule has 1 aromatic rings. The lowest BCUT2D eigenvalue weighted by atomic mass is 10.4. The highest BCUT2D eigenvalue weighted by Gasteiger charge is 2.12. The molecule has 0 bridgehead atoms. The molecule has 0 spiro atoms. The van der Waals surface area contributed by atoms with Gasteiger partial charge in [0, 0.05) is 13.1 Å². The fourth-order valence-electron chi connectivity index (χ4n) is 0.740. The summed E-state index contributed by atoms with van der Waals surface area (Å²) in [6.45, 7) is 3.80. The summed E-state index contributed by atoms with van der Waals surface area (Å²) in [6, 6.07) is 0.120. The Morgan fingerprint density at radius 2 is 2.15 bits per heavy atom. The molecule has 13 heavy (non-hydrogen) atoms. The Kier molecular flexibility index (Phi) is 3.18. The Hall–Kier alpha value is -1.17. The Morgan fingerprint density at radius 3 is 2.62 bits per heavy atom. The number of carbonyl (C=O) groups is 1. The first-order chi connectivity index (χ1) is 6.13. The molecule has 6 heteroatoms. The lowest BCUT2D eigenvalue weighted by Crippen LogP contribution is -2.29. The zero-order valence-corrected chi connectivity index (χ0v) is 8.60. The van der Waals surface area contributed by atoms with Gasteiger partial charge in [-0.2, -0.15) is 0 Å². The third kappa shape index (κ3) is 2.66. The molecule has 0 atom stereocenters. The molecule has 0 radical (unpaired) electrons. The van der Waals surface area contributed by atoms with E-state index in [1.165, 1.54) is 11.3 Å². The molecule has 1 aromatic heterocycles. The number of hydrogen-bond acceptors (Lipinski definition) is 5. The molecule has 0 saturated heterocycles. The second-order valence-corrected chi connectivity index (χ2v) is 3.77. The molecule has 1 rings (SSSR count). The van der Waals surface area contributed by atoms with Crippen LogP contribution in [0.2, 0.25) is 0 Å². The van der Waals surface area contributed by atoms with Crippen molar-refractivity contribution in [2.45, 2.75) is 19.9 Å². The predicted molar refractivity (Wildman–Crippen MR) is 52.1 cm³/mol. The maximum atomic E-state index is 11.4. The van der Waals surface area contributed by atoms with E-state index >= 15 is 0 Å². The first-order valence-electron chi connectivity index (χ1n) is 3.95. The van der Waals surface area contributed by atoms with E-state index in [-0.39, 0.29) is 11.9 Å². The van der Waals surface area contributed by atoms with Crippen LogP contribution in [-0.2, 0) is 0 Å². The van der Waals surface area contributed by atoms with Crippen LogP contribution in [0.4, 0.5) is 5.13 Å². The van der Waals surface area contributed by atoms with Crippen LogP contribution in [0.5, 0.6) is 0 Å². The van der Waals surface area contributed by atoms with E-state index in [0.717, 1.165) is 0 Å². The fourth-order valence-corrected chi connectivity index (χ4v) is 1.34. The van der Waals surface area contributed by atoms with E-state index in [1.54, 1.807) is 7.05 Å². The minimum atomic E-state index is -0.172. The second kappa shape index (κ2) is 4.18. The van der Waals surface area contributed by atoms with Crippen LogP contribution in [0, 0.1) is 0 Å². The number of nitrogens with one attached hydrogen (secondary N) is 2. The summed E-state index contributed by atoms with van der Waals surface area (Å²) in [7, 11) is 1.74. The van der Waals surface area contributed by atoms with E-state index < -0.39 is 0 Å². The number of carbonyl (C=O) groups excluding carboxylic acids is 1. The Labute approximate surface area is 80.6 Å². The molecule has 2 N–H and O–H groups in total. The van der Waals surface area contributed by atoms with Crippen molar-refractivity contribution in [2.75, 3.05) is 12.4 Å². The average Bonchev–Trinajstić information content (AvgIpc) is 2.50. The first-order valence-corrected chi connectivity index (χ1v) is 4.77. The largest absolute Gasteiger partial charge is 0.363 e. The van der Waals surface area contributed by atoms with Crippen molar-refractivity contribution in [3.05, 3.63) is 5.01 Å². The van der Waals surface area contributed by atoms with Crippen molar-refractivity contribution in [1.82, 2.24) is 15.5 Å². The number of anilines is 1. The molecule has 0 fully saturated rings. The molecule has 0 aliphatic heterocycles. The maximum absolute atomic E-state index is 11.4. The summed E-state index contributed by atoms with van der Waals surface area (Å²) in [5, 5.41) is 14.1. The molecule has 0 unspecified atom stereocenters. The monoisotopic (exact) mass is 200 g/mol. The van der Waals surface area contributed by atoms with E-state index in [2.05, 4.69) is 20.8 Å². The van der Waals surface area contributed by atoms with Gasteiger partial charge in [-0.1, -0.05) is 11.3 Å². The molecule has 0 aliphatic rings. The van der Waals surface area contributed by atoms with Gasteiger partial charge < -0.3 is 10.6 Å². The summed E-state index contributed by atoms with van der Waals surface area (Å²) in [4.78, 5) is 11.4. The zero-order chi connectivity index (χ0) is 9.84. The van der Waals surface area contributed by atoms with Crippen LogP contribution in [0.3, 0.4) is 0 Å². The molecule has 1 heterocycles. The molecule has 5 nitrogen and oxygen atoms in total. The van der Waals surface area contributed by atoms with E-state index in [9.17, 15) is 4.79 Å². The quantitative estimate of drug-likeness (QED) is 0.754. The van der Waals surface area contributed by atoms with Gasteiger partial charge in [0.05, 0.1) is 0 Å². The van der Waals surface area contributed by atoms with Gasteiger partial charge in [-0.15, -0.1) is 10.2 Å². The Bertz CT molecular complexity index is 296. The normalized spacial score (nSPS) is 10.2. The highest BCUT2D eigenvalue weighted by atomic mass is 32.1. The molecule has 72 valence electrons. The van der Waals surface area contributed by atoms with Crippen LogP contribution in [0.15, 0.2) is 0 Å². The lowest BCUT2D eigenvalue weighted by Gasteiger charge is -2.04. The summed E-state index contributed by atoms with van der Waals surface area (Å²) in [5.74, 6) is -0.172. The van der Waals surface area contributed by atoms with Crippen LogP contribution >= 0.6 is 11.3 Å². The van der Waals surface area contributed by atoms with Crippen LogP contribution in [-0.4, -0.2) is 29.2 Å². The standard InChI is InChI=1S/C7H12N4OS/c1-4(2)9-5(12)6-10-11-7(8-3)13-6/h4H,1-3H3,(H,8,11)(H,9,12). The SMILES string of the molecule is CNc1nnc(C(=O)NC(C)C)s1. The van der Waals surface area contributed by atoms with E-state index in [1.807, 2.05) is 13.8 Å². The maximum Gasteiger partial charge on any atom is 0.282 e. The topological polar surface area (TPSA) is 66.9 Å².